The van der Waals surface area contributed by atoms with Crippen LogP contribution in [0.5, 0.6) is 5.75 Å². The zero-order valence-corrected chi connectivity index (χ0v) is 11.9. The number of rotatable bonds is 7. The summed E-state index contributed by atoms with van der Waals surface area (Å²) in [6.45, 7) is 1.61. The van der Waals surface area contributed by atoms with Gasteiger partial charge in [-0.3, -0.25) is 4.68 Å². The van der Waals surface area contributed by atoms with Crippen molar-refractivity contribution in [1.29, 1.82) is 0 Å². The van der Waals surface area contributed by atoms with Gasteiger partial charge in [0.2, 0.25) is 0 Å². The molecule has 0 amide bonds. The molecule has 1 saturated carbocycles. The van der Waals surface area contributed by atoms with Crippen LogP contribution < -0.4 is 10.1 Å². The van der Waals surface area contributed by atoms with Gasteiger partial charge in [-0.1, -0.05) is 12.1 Å². The predicted molar refractivity (Wildman–Crippen MR) is 78.7 cm³/mol. The molecule has 0 bridgehead atoms. The number of benzene rings is 1. The molecule has 1 aliphatic rings. The van der Waals surface area contributed by atoms with Gasteiger partial charge in [-0.05, 0) is 36.6 Å². The maximum atomic E-state index is 5.83. The lowest BCUT2D eigenvalue weighted by atomic mass is 10.2. The second kappa shape index (κ2) is 6.09. The molecule has 0 radical (unpaired) electrons. The van der Waals surface area contributed by atoms with Crippen LogP contribution in [-0.4, -0.2) is 22.4 Å². The van der Waals surface area contributed by atoms with Crippen molar-refractivity contribution in [3.8, 4) is 5.75 Å². The van der Waals surface area contributed by atoms with Gasteiger partial charge in [0.1, 0.15) is 5.75 Å². The molecule has 1 aromatic carbocycles. The molecule has 1 aromatic heterocycles. The van der Waals surface area contributed by atoms with E-state index in [0.29, 0.717) is 6.61 Å². The molecule has 1 heterocycles. The van der Waals surface area contributed by atoms with E-state index in [1.807, 2.05) is 30.1 Å². The van der Waals surface area contributed by atoms with E-state index in [2.05, 4.69) is 28.6 Å². The minimum atomic E-state index is 0.680. The second-order valence-electron chi connectivity index (χ2n) is 5.35. The Kier molecular flexibility index (Phi) is 4.02. The standard InChI is InChI=1S/C16H21N3O/c1-19-15(7-9-18-19)8-10-20-16-4-2-3-13(11-16)12-17-14-5-6-14/h2-4,7,9,11,14,17H,5-6,8,10,12H2,1H3. The summed E-state index contributed by atoms with van der Waals surface area (Å²) < 4.78 is 7.72. The van der Waals surface area contributed by atoms with Gasteiger partial charge in [-0.15, -0.1) is 0 Å². The van der Waals surface area contributed by atoms with Crippen LogP contribution in [0.1, 0.15) is 24.1 Å². The first-order valence-corrected chi connectivity index (χ1v) is 7.23. The monoisotopic (exact) mass is 271 g/mol. The second-order valence-corrected chi connectivity index (χ2v) is 5.35. The first-order chi connectivity index (χ1) is 9.81. The Hall–Kier alpha value is -1.81. The Bertz CT molecular complexity index is 560. The molecule has 3 rings (SSSR count). The number of ether oxygens (including phenoxy) is 1. The highest BCUT2D eigenvalue weighted by atomic mass is 16.5. The van der Waals surface area contributed by atoms with Crippen LogP contribution in [-0.2, 0) is 20.0 Å². The molecule has 0 spiro atoms. The summed E-state index contributed by atoms with van der Waals surface area (Å²) in [6.07, 6.45) is 5.34. The van der Waals surface area contributed by atoms with Crippen LogP contribution >= 0.6 is 0 Å². The largest absolute Gasteiger partial charge is 0.493 e. The van der Waals surface area contributed by atoms with Crippen LogP contribution in [0.2, 0.25) is 0 Å². The first-order valence-electron chi connectivity index (χ1n) is 7.23. The SMILES string of the molecule is Cn1nccc1CCOc1cccc(CNC2CC2)c1. The molecule has 1 aliphatic carbocycles. The summed E-state index contributed by atoms with van der Waals surface area (Å²) in [5.74, 6) is 0.947. The number of aryl methyl sites for hydroxylation is 1. The lowest BCUT2D eigenvalue weighted by molar-refractivity contribution is 0.318. The molecule has 4 nitrogen and oxygen atoms in total. The average molecular weight is 271 g/mol. The summed E-state index contributed by atoms with van der Waals surface area (Å²) in [5.41, 5.74) is 2.48. The van der Waals surface area contributed by atoms with Gasteiger partial charge in [0.15, 0.2) is 0 Å². The smallest absolute Gasteiger partial charge is 0.119 e. The van der Waals surface area contributed by atoms with E-state index in [9.17, 15) is 0 Å². The van der Waals surface area contributed by atoms with Gasteiger partial charge >= 0.3 is 0 Å². The van der Waals surface area contributed by atoms with Crippen molar-refractivity contribution in [2.24, 2.45) is 7.05 Å². The average Bonchev–Trinajstić information content (AvgIpc) is 3.20. The summed E-state index contributed by atoms with van der Waals surface area (Å²) in [4.78, 5) is 0. The van der Waals surface area contributed by atoms with E-state index < -0.39 is 0 Å². The van der Waals surface area contributed by atoms with E-state index in [0.717, 1.165) is 24.8 Å². The molecular weight excluding hydrogens is 250 g/mol. The van der Waals surface area contributed by atoms with Crippen molar-refractivity contribution in [2.75, 3.05) is 6.61 Å². The third-order valence-corrected chi connectivity index (χ3v) is 3.62. The molecule has 0 saturated heterocycles. The number of nitrogens with zero attached hydrogens (tertiary/aromatic N) is 2. The number of nitrogens with one attached hydrogen (secondary N) is 1. The highest BCUT2D eigenvalue weighted by molar-refractivity contribution is 5.28. The first kappa shape index (κ1) is 13.2. The quantitative estimate of drug-likeness (QED) is 0.840. The van der Waals surface area contributed by atoms with Crippen LogP contribution in [0.15, 0.2) is 36.5 Å². The van der Waals surface area contributed by atoms with Gasteiger partial charge < -0.3 is 10.1 Å². The molecule has 0 unspecified atom stereocenters. The Morgan fingerprint density at radius 3 is 3.00 bits per heavy atom. The van der Waals surface area contributed by atoms with E-state index in [-0.39, 0.29) is 0 Å². The highest BCUT2D eigenvalue weighted by Gasteiger charge is 2.19. The van der Waals surface area contributed by atoms with Crippen LogP contribution in [0.25, 0.3) is 0 Å². The Morgan fingerprint density at radius 1 is 1.35 bits per heavy atom. The fourth-order valence-corrected chi connectivity index (χ4v) is 2.21. The number of aromatic nitrogens is 2. The van der Waals surface area contributed by atoms with Crippen molar-refractivity contribution in [3.05, 3.63) is 47.8 Å². The molecule has 0 atom stereocenters. The molecule has 20 heavy (non-hydrogen) atoms. The van der Waals surface area contributed by atoms with E-state index >= 15 is 0 Å². The van der Waals surface area contributed by atoms with E-state index in [4.69, 9.17) is 4.74 Å². The normalized spacial score (nSPS) is 14.4. The number of hydrogen-bond acceptors (Lipinski definition) is 3. The molecule has 0 aliphatic heterocycles. The summed E-state index contributed by atoms with van der Waals surface area (Å²) in [7, 11) is 1.96. The molecule has 1 N–H and O–H groups in total. The minimum absolute atomic E-state index is 0.680. The zero-order valence-electron chi connectivity index (χ0n) is 11.9. The minimum Gasteiger partial charge on any atom is -0.493 e. The Morgan fingerprint density at radius 2 is 2.25 bits per heavy atom. The van der Waals surface area contributed by atoms with Gasteiger partial charge in [0.05, 0.1) is 6.61 Å². The summed E-state index contributed by atoms with van der Waals surface area (Å²) >= 11 is 0. The van der Waals surface area contributed by atoms with Crippen molar-refractivity contribution >= 4 is 0 Å². The Balaban J connectivity index is 1.49. The van der Waals surface area contributed by atoms with Crippen molar-refractivity contribution in [2.45, 2.75) is 31.8 Å². The zero-order chi connectivity index (χ0) is 13.8. The molecule has 4 heteroatoms. The predicted octanol–water partition coefficient (Wildman–Crippen LogP) is 2.29. The Labute approximate surface area is 119 Å². The van der Waals surface area contributed by atoms with Gasteiger partial charge in [0, 0.05) is 37.9 Å². The fourth-order valence-electron chi connectivity index (χ4n) is 2.21. The van der Waals surface area contributed by atoms with Crippen LogP contribution in [0.4, 0.5) is 0 Å². The van der Waals surface area contributed by atoms with E-state index in [1.54, 1.807) is 0 Å². The summed E-state index contributed by atoms with van der Waals surface area (Å²) in [5, 5.41) is 7.67. The summed E-state index contributed by atoms with van der Waals surface area (Å²) in [6, 6.07) is 11.1. The van der Waals surface area contributed by atoms with Gasteiger partial charge in [-0.25, -0.2) is 0 Å². The fraction of sp³-hybridized carbons (Fsp3) is 0.438. The lowest BCUT2D eigenvalue weighted by Gasteiger charge is -2.09. The van der Waals surface area contributed by atoms with Gasteiger partial charge in [0.25, 0.3) is 0 Å². The molecular formula is C16H21N3O. The van der Waals surface area contributed by atoms with Gasteiger partial charge in [-0.2, -0.15) is 5.10 Å². The molecule has 2 aromatic rings. The van der Waals surface area contributed by atoms with Crippen LogP contribution in [0, 0.1) is 0 Å². The highest BCUT2D eigenvalue weighted by Crippen LogP contribution is 2.20. The topological polar surface area (TPSA) is 39.1 Å². The third-order valence-electron chi connectivity index (χ3n) is 3.62. The number of hydrogen-bond donors (Lipinski definition) is 1. The maximum absolute atomic E-state index is 5.83. The lowest BCUT2D eigenvalue weighted by Crippen LogP contribution is -2.15. The maximum Gasteiger partial charge on any atom is 0.119 e. The molecule has 106 valence electrons. The third kappa shape index (κ3) is 3.61. The molecule has 1 fully saturated rings. The van der Waals surface area contributed by atoms with Crippen molar-refractivity contribution in [3.63, 3.8) is 0 Å². The van der Waals surface area contributed by atoms with E-state index in [1.165, 1.54) is 24.1 Å². The van der Waals surface area contributed by atoms with Crippen molar-refractivity contribution in [1.82, 2.24) is 15.1 Å². The van der Waals surface area contributed by atoms with Crippen molar-refractivity contribution < 1.29 is 4.74 Å². The van der Waals surface area contributed by atoms with Crippen LogP contribution in [0.3, 0.4) is 0 Å².